The number of nitro groups is 1. The summed E-state index contributed by atoms with van der Waals surface area (Å²) in [5.41, 5.74) is 0.856. The van der Waals surface area contributed by atoms with Gasteiger partial charge in [0.25, 0.3) is 5.69 Å². The van der Waals surface area contributed by atoms with Crippen molar-refractivity contribution in [3.8, 4) is 0 Å². The molecule has 0 atom stereocenters. The van der Waals surface area contributed by atoms with Crippen LogP contribution in [0.3, 0.4) is 0 Å². The first-order valence-electron chi connectivity index (χ1n) is 4.69. The van der Waals surface area contributed by atoms with Crippen molar-refractivity contribution in [2.75, 3.05) is 0 Å². The highest BCUT2D eigenvalue weighted by molar-refractivity contribution is 5.89. The van der Waals surface area contributed by atoms with Crippen LogP contribution in [0.1, 0.15) is 12.5 Å². The smallest absolute Gasteiger partial charge is 0.258 e. The Balaban J connectivity index is 2.81. The molecule has 0 N–H and O–H groups in total. The summed E-state index contributed by atoms with van der Waals surface area (Å²) < 4.78 is 0. The van der Waals surface area contributed by atoms with E-state index in [9.17, 15) is 10.1 Å². The van der Waals surface area contributed by atoms with Gasteiger partial charge in [0.1, 0.15) is 0 Å². The molecule has 0 amide bonds. The van der Waals surface area contributed by atoms with Crippen LogP contribution in [0.5, 0.6) is 0 Å². The van der Waals surface area contributed by atoms with Crippen LogP contribution in [0.25, 0.3) is 10.8 Å². The van der Waals surface area contributed by atoms with Gasteiger partial charge < -0.3 is 0 Å². The highest BCUT2D eigenvalue weighted by Gasteiger charge is 2.14. The van der Waals surface area contributed by atoms with Gasteiger partial charge in [-0.1, -0.05) is 31.2 Å². The lowest BCUT2D eigenvalue weighted by Gasteiger charge is -2.04. The van der Waals surface area contributed by atoms with Crippen LogP contribution in [0.15, 0.2) is 36.4 Å². The van der Waals surface area contributed by atoms with Crippen LogP contribution in [-0.4, -0.2) is 4.92 Å². The van der Waals surface area contributed by atoms with Crippen molar-refractivity contribution in [3.63, 3.8) is 0 Å². The molecule has 0 aliphatic rings. The van der Waals surface area contributed by atoms with Gasteiger partial charge in [-0.25, -0.2) is 0 Å². The van der Waals surface area contributed by atoms with E-state index in [0.717, 1.165) is 10.8 Å². The van der Waals surface area contributed by atoms with Gasteiger partial charge in [-0.3, -0.25) is 10.1 Å². The lowest BCUT2D eigenvalue weighted by atomic mass is 10.0. The van der Waals surface area contributed by atoms with Crippen molar-refractivity contribution in [2.45, 2.75) is 6.92 Å². The van der Waals surface area contributed by atoms with Gasteiger partial charge in [-0.2, -0.15) is 0 Å². The SMILES string of the molecule is C[CH]c1c([N+](=O)[O-])ccc2ccccc12. The Morgan fingerprint density at radius 3 is 2.60 bits per heavy atom. The first-order chi connectivity index (χ1) is 7.24. The summed E-state index contributed by atoms with van der Waals surface area (Å²) in [6.45, 7) is 1.81. The van der Waals surface area contributed by atoms with Crippen molar-refractivity contribution in [1.82, 2.24) is 0 Å². The quantitative estimate of drug-likeness (QED) is 0.551. The maximum Gasteiger partial charge on any atom is 0.273 e. The fourth-order valence-corrected chi connectivity index (χ4v) is 1.75. The van der Waals surface area contributed by atoms with Crippen LogP contribution in [0.2, 0.25) is 0 Å². The third-order valence-electron chi connectivity index (χ3n) is 2.43. The summed E-state index contributed by atoms with van der Waals surface area (Å²) in [5.74, 6) is 0. The molecule has 0 unspecified atom stereocenters. The molecule has 0 aliphatic heterocycles. The summed E-state index contributed by atoms with van der Waals surface area (Å²) in [6, 6.07) is 11.0. The van der Waals surface area contributed by atoms with Crippen molar-refractivity contribution in [2.24, 2.45) is 0 Å². The number of benzene rings is 2. The number of fused-ring (bicyclic) bond motifs is 1. The van der Waals surface area contributed by atoms with Crippen LogP contribution in [-0.2, 0) is 0 Å². The largest absolute Gasteiger partial charge is 0.273 e. The number of nitrogens with zero attached hydrogens (tertiary/aromatic N) is 1. The number of rotatable bonds is 2. The van der Waals surface area contributed by atoms with E-state index >= 15 is 0 Å². The summed E-state index contributed by atoms with van der Waals surface area (Å²) in [7, 11) is 0. The average molecular weight is 200 g/mol. The van der Waals surface area contributed by atoms with E-state index in [-0.39, 0.29) is 10.6 Å². The van der Waals surface area contributed by atoms with Gasteiger partial charge >= 0.3 is 0 Å². The molecule has 75 valence electrons. The number of hydrogen-bond donors (Lipinski definition) is 0. The Morgan fingerprint density at radius 1 is 1.20 bits per heavy atom. The number of hydrogen-bond acceptors (Lipinski definition) is 2. The fraction of sp³-hybridized carbons (Fsp3) is 0.0833. The third kappa shape index (κ3) is 1.56. The fourth-order valence-electron chi connectivity index (χ4n) is 1.75. The minimum Gasteiger partial charge on any atom is -0.258 e. The maximum atomic E-state index is 10.8. The third-order valence-corrected chi connectivity index (χ3v) is 2.43. The molecule has 15 heavy (non-hydrogen) atoms. The molecule has 0 spiro atoms. The molecule has 1 radical (unpaired) electrons. The molecule has 0 saturated carbocycles. The van der Waals surface area contributed by atoms with Crippen molar-refractivity contribution in [3.05, 3.63) is 58.5 Å². The second kappa shape index (κ2) is 3.69. The van der Waals surface area contributed by atoms with E-state index < -0.39 is 0 Å². The van der Waals surface area contributed by atoms with E-state index in [1.54, 1.807) is 18.6 Å². The van der Waals surface area contributed by atoms with Gasteiger partial charge in [-0.15, -0.1) is 0 Å². The minimum absolute atomic E-state index is 0.163. The summed E-state index contributed by atoms with van der Waals surface area (Å²) in [4.78, 5) is 10.5. The molecule has 0 heterocycles. The zero-order valence-electron chi connectivity index (χ0n) is 8.31. The van der Waals surface area contributed by atoms with Gasteiger partial charge in [0.15, 0.2) is 0 Å². The van der Waals surface area contributed by atoms with Crippen molar-refractivity contribution in [1.29, 1.82) is 0 Å². The summed E-state index contributed by atoms with van der Waals surface area (Å²) in [5, 5.41) is 12.8. The van der Waals surface area contributed by atoms with Gasteiger partial charge in [-0.05, 0) is 23.3 Å². The molecule has 0 aromatic heterocycles. The Hall–Kier alpha value is -1.90. The van der Waals surface area contributed by atoms with Crippen molar-refractivity contribution < 1.29 is 4.92 Å². The molecule has 0 aliphatic carbocycles. The molecule has 3 heteroatoms. The van der Waals surface area contributed by atoms with E-state index in [2.05, 4.69) is 0 Å². The second-order valence-corrected chi connectivity index (χ2v) is 3.27. The molecule has 2 rings (SSSR count). The Bertz CT molecular complexity index is 520. The Kier molecular flexibility index (Phi) is 2.37. The van der Waals surface area contributed by atoms with Gasteiger partial charge in [0, 0.05) is 11.6 Å². The van der Waals surface area contributed by atoms with E-state index in [4.69, 9.17) is 0 Å². The highest BCUT2D eigenvalue weighted by atomic mass is 16.6. The average Bonchev–Trinajstić information content (AvgIpc) is 2.27. The first-order valence-corrected chi connectivity index (χ1v) is 4.69. The van der Waals surface area contributed by atoms with Crippen LogP contribution < -0.4 is 0 Å². The molecule has 0 bridgehead atoms. The lowest BCUT2D eigenvalue weighted by molar-refractivity contribution is -0.385. The maximum absolute atomic E-state index is 10.8. The van der Waals surface area contributed by atoms with E-state index in [0.29, 0.717) is 5.56 Å². The standard InChI is InChI=1S/C12H10NO2/c1-2-10-11-6-4-3-5-9(11)7-8-12(10)13(14)15/h2-8H,1H3. The predicted molar refractivity (Wildman–Crippen MR) is 59.7 cm³/mol. The zero-order chi connectivity index (χ0) is 10.8. The molecular formula is C12H10NO2. The van der Waals surface area contributed by atoms with Gasteiger partial charge in [0.05, 0.1) is 4.92 Å². The molecule has 2 aromatic rings. The monoisotopic (exact) mass is 200 g/mol. The second-order valence-electron chi connectivity index (χ2n) is 3.27. The molecule has 0 saturated heterocycles. The van der Waals surface area contributed by atoms with Crippen LogP contribution >= 0.6 is 0 Å². The summed E-state index contributed by atoms with van der Waals surface area (Å²) in [6.07, 6.45) is 1.78. The van der Waals surface area contributed by atoms with E-state index in [1.807, 2.05) is 31.2 Å². The zero-order valence-corrected chi connectivity index (χ0v) is 8.31. The van der Waals surface area contributed by atoms with Gasteiger partial charge in [0.2, 0.25) is 0 Å². The van der Waals surface area contributed by atoms with Crippen molar-refractivity contribution >= 4 is 16.5 Å². The predicted octanol–water partition coefficient (Wildman–Crippen LogP) is 3.32. The summed E-state index contributed by atoms with van der Waals surface area (Å²) >= 11 is 0. The molecule has 2 aromatic carbocycles. The Labute approximate surface area is 87.5 Å². The molecule has 3 nitrogen and oxygen atoms in total. The number of nitro benzene ring substituents is 1. The normalized spacial score (nSPS) is 10.5. The molecular weight excluding hydrogens is 190 g/mol. The van der Waals surface area contributed by atoms with E-state index in [1.165, 1.54) is 0 Å². The first kappa shape index (κ1) is 9.65. The topological polar surface area (TPSA) is 43.1 Å². The minimum atomic E-state index is -0.345. The molecule has 0 fully saturated rings. The lowest BCUT2D eigenvalue weighted by Crippen LogP contribution is -1.94. The highest BCUT2D eigenvalue weighted by Crippen LogP contribution is 2.28. The van der Waals surface area contributed by atoms with Crippen LogP contribution in [0.4, 0.5) is 5.69 Å². The Morgan fingerprint density at radius 2 is 1.93 bits per heavy atom. The van der Waals surface area contributed by atoms with Crippen LogP contribution in [0, 0.1) is 16.5 Å².